The number of carboxylic acid groups (broad SMARTS) is 1. The maximum absolute atomic E-state index is 10.8. The van der Waals surface area contributed by atoms with Crippen molar-refractivity contribution in [3.05, 3.63) is 35.7 Å². The van der Waals surface area contributed by atoms with Crippen LogP contribution in [0.15, 0.2) is 28.8 Å². The molecule has 2 aromatic rings. The van der Waals surface area contributed by atoms with E-state index < -0.39 is 11.9 Å². The summed E-state index contributed by atoms with van der Waals surface area (Å²) < 4.78 is 5.08. The molecule has 1 unspecified atom stereocenters. The van der Waals surface area contributed by atoms with Gasteiger partial charge in [-0.05, 0) is 25.5 Å². The van der Waals surface area contributed by atoms with E-state index in [0.29, 0.717) is 5.89 Å². The summed E-state index contributed by atoms with van der Waals surface area (Å²) >= 11 is 0. The van der Waals surface area contributed by atoms with E-state index in [1.807, 2.05) is 31.2 Å². The van der Waals surface area contributed by atoms with E-state index in [1.54, 1.807) is 0 Å². The van der Waals surface area contributed by atoms with Crippen LogP contribution in [0.4, 0.5) is 0 Å². The van der Waals surface area contributed by atoms with Crippen LogP contribution in [0.3, 0.4) is 0 Å². The van der Waals surface area contributed by atoms with Crippen molar-refractivity contribution in [3.8, 4) is 11.5 Å². The van der Waals surface area contributed by atoms with Gasteiger partial charge in [0.05, 0.1) is 0 Å². The van der Waals surface area contributed by atoms with Gasteiger partial charge in [-0.25, -0.2) is 0 Å². The third kappa shape index (κ3) is 2.18. The molecule has 0 saturated carbocycles. The fraction of sp³-hybridized carbons (Fsp3) is 0.250. The van der Waals surface area contributed by atoms with Crippen LogP contribution in [-0.4, -0.2) is 21.2 Å². The van der Waals surface area contributed by atoms with E-state index >= 15 is 0 Å². The van der Waals surface area contributed by atoms with Crippen molar-refractivity contribution in [1.82, 2.24) is 10.1 Å². The van der Waals surface area contributed by atoms with Gasteiger partial charge in [0.2, 0.25) is 0 Å². The average Bonchev–Trinajstić information content (AvgIpc) is 2.77. The van der Waals surface area contributed by atoms with E-state index in [1.165, 1.54) is 6.92 Å². The third-order valence-corrected chi connectivity index (χ3v) is 2.57. The Morgan fingerprint density at radius 1 is 1.41 bits per heavy atom. The zero-order valence-electron chi connectivity index (χ0n) is 9.54. The van der Waals surface area contributed by atoms with Crippen molar-refractivity contribution in [2.24, 2.45) is 0 Å². The molecule has 1 aromatic heterocycles. The first kappa shape index (κ1) is 11.3. The SMILES string of the molecule is Cc1ccccc1-c1nc(C(C)C(=O)O)no1. The molecule has 0 fully saturated rings. The van der Waals surface area contributed by atoms with E-state index in [9.17, 15) is 4.79 Å². The molecule has 2 rings (SSSR count). The highest BCUT2D eigenvalue weighted by molar-refractivity contribution is 5.74. The number of aromatic nitrogens is 2. The molecular weight excluding hydrogens is 220 g/mol. The molecule has 0 radical (unpaired) electrons. The Morgan fingerprint density at radius 2 is 2.12 bits per heavy atom. The molecule has 0 bridgehead atoms. The van der Waals surface area contributed by atoms with Crippen molar-refractivity contribution >= 4 is 5.97 Å². The van der Waals surface area contributed by atoms with Crippen LogP contribution in [0.5, 0.6) is 0 Å². The molecule has 88 valence electrons. The van der Waals surface area contributed by atoms with Crippen molar-refractivity contribution < 1.29 is 14.4 Å². The maximum Gasteiger partial charge on any atom is 0.314 e. The molecule has 0 saturated heterocycles. The van der Waals surface area contributed by atoms with Gasteiger partial charge >= 0.3 is 5.97 Å². The molecule has 0 aliphatic heterocycles. The first-order valence-corrected chi connectivity index (χ1v) is 5.22. The lowest BCUT2D eigenvalue weighted by molar-refractivity contribution is -0.138. The van der Waals surface area contributed by atoms with Crippen LogP contribution in [0.2, 0.25) is 0 Å². The third-order valence-electron chi connectivity index (χ3n) is 2.57. The zero-order chi connectivity index (χ0) is 12.4. The Morgan fingerprint density at radius 3 is 2.76 bits per heavy atom. The fourth-order valence-corrected chi connectivity index (χ4v) is 1.44. The Hall–Kier alpha value is -2.17. The Kier molecular flexibility index (Phi) is 2.91. The topological polar surface area (TPSA) is 76.2 Å². The maximum atomic E-state index is 10.8. The molecule has 17 heavy (non-hydrogen) atoms. The summed E-state index contributed by atoms with van der Waals surface area (Å²) in [6, 6.07) is 7.57. The van der Waals surface area contributed by atoms with Gasteiger partial charge < -0.3 is 9.63 Å². The number of aliphatic carboxylic acids is 1. The van der Waals surface area contributed by atoms with Gasteiger partial charge in [-0.15, -0.1) is 0 Å². The van der Waals surface area contributed by atoms with Crippen LogP contribution in [0.1, 0.15) is 24.2 Å². The minimum Gasteiger partial charge on any atom is -0.481 e. The van der Waals surface area contributed by atoms with Gasteiger partial charge in [0, 0.05) is 5.56 Å². The molecule has 1 heterocycles. The molecule has 1 aromatic carbocycles. The largest absolute Gasteiger partial charge is 0.481 e. The molecule has 0 amide bonds. The Labute approximate surface area is 98.1 Å². The smallest absolute Gasteiger partial charge is 0.314 e. The van der Waals surface area contributed by atoms with Gasteiger partial charge in [0.1, 0.15) is 5.92 Å². The Balaban J connectivity index is 2.37. The van der Waals surface area contributed by atoms with Gasteiger partial charge in [0.15, 0.2) is 5.82 Å². The minimum atomic E-state index is -0.970. The lowest BCUT2D eigenvalue weighted by Gasteiger charge is -1.98. The van der Waals surface area contributed by atoms with E-state index in [-0.39, 0.29) is 5.82 Å². The van der Waals surface area contributed by atoms with Crippen molar-refractivity contribution in [3.63, 3.8) is 0 Å². The second-order valence-electron chi connectivity index (χ2n) is 3.83. The van der Waals surface area contributed by atoms with Crippen molar-refractivity contribution in [2.45, 2.75) is 19.8 Å². The molecule has 1 N–H and O–H groups in total. The molecule has 1 atom stereocenters. The molecule has 5 nitrogen and oxygen atoms in total. The zero-order valence-corrected chi connectivity index (χ0v) is 9.54. The fourth-order valence-electron chi connectivity index (χ4n) is 1.44. The summed E-state index contributed by atoms with van der Waals surface area (Å²) in [5.74, 6) is -1.19. The molecule has 0 aliphatic carbocycles. The summed E-state index contributed by atoms with van der Waals surface area (Å²) in [5.41, 5.74) is 1.83. The highest BCUT2D eigenvalue weighted by Crippen LogP contribution is 2.23. The summed E-state index contributed by atoms with van der Waals surface area (Å²) in [5, 5.41) is 12.5. The van der Waals surface area contributed by atoms with Crippen LogP contribution < -0.4 is 0 Å². The predicted molar refractivity (Wildman–Crippen MR) is 60.5 cm³/mol. The molecular formula is C12H12N2O3. The van der Waals surface area contributed by atoms with Crippen LogP contribution in [0.25, 0.3) is 11.5 Å². The number of hydrogen-bond acceptors (Lipinski definition) is 4. The normalized spacial score (nSPS) is 12.4. The van der Waals surface area contributed by atoms with Gasteiger partial charge in [-0.1, -0.05) is 23.4 Å². The van der Waals surface area contributed by atoms with E-state index in [2.05, 4.69) is 10.1 Å². The lowest BCUT2D eigenvalue weighted by Crippen LogP contribution is -2.08. The van der Waals surface area contributed by atoms with Crippen LogP contribution in [0, 0.1) is 6.92 Å². The summed E-state index contributed by atoms with van der Waals surface area (Å²) in [4.78, 5) is 14.9. The lowest BCUT2D eigenvalue weighted by atomic mass is 10.1. The quantitative estimate of drug-likeness (QED) is 0.878. The van der Waals surface area contributed by atoms with Crippen LogP contribution in [-0.2, 0) is 4.79 Å². The van der Waals surface area contributed by atoms with Crippen LogP contribution >= 0.6 is 0 Å². The monoisotopic (exact) mass is 232 g/mol. The second kappa shape index (κ2) is 4.37. The summed E-state index contributed by atoms with van der Waals surface area (Å²) in [6.45, 7) is 3.45. The first-order chi connectivity index (χ1) is 8.09. The highest BCUT2D eigenvalue weighted by Gasteiger charge is 2.21. The van der Waals surface area contributed by atoms with E-state index in [0.717, 1.165) is 11.1 Å². The van der Waals surface area contributed by atoms with Crippen molar-refractivity contribution in [2.75, 3.05) is 0 Å². The second-order valence-corrected chi connectivity index (χ2v) is 3.83. The minimum absolute atomic E-state index is 0.191. The number of carbonyl (C=O) groups is 1. The van der Waals surface area contributed by atoms with Gasteiger partial charge in [-0.2, -0.15) is 4.98 Å². The first-order valence-electron chi connectivity index (χ1n) is 5.22. The highest BCUT2D eigenvalue weighted by atomic mass is 16.5. The number of hydrogen-bond donors (Lipinski definition) is 1. The number of carboxylic acids is 1. The molecule has 0 spiro atoms. The summed E-state index contributed by atoms with van der Waals surface area (Å²) in [7, 11) is 0. The predicted octanol–water partition coefficient (Wildman–Crippen LogP) is 2.23. The number of nitrogens with zero attached hydrogens (tertiary/aromatic N) is 2. The standard InChI is InChI=1S/C12H12N2O3/c1-7-5-3-4-6-9(7)11-13-10(14-17-11)8(2)12(15)16/h3-6,8H,1-2H3,(H,15,16). The number of benzene rings is 1. The number of rotatable bonds is 3. The van der Waals surface area contributed by atoms with Gasteiger partial charge in [-0.3, -0.25) is 4.79 Å². The Bertz CT molecular complexity index is 548. The average molecular weight is 232 g/mol. The van der Waals surface area contributed by atoms with E-state index in [4.69, 9.17) is 9.63 Å². The van der Waals surface area contributed by atoms with Gasteiger partial charge in [0.25, 0.3) is 5.89 Å². The summed E-state index contributed by atoms with van der Waals surface area (Å²) in [6.07, 6.45) is 0. The number of aryl methyl sites for hydroxylation is 1. The van der Waals surface area contributed by atoms with Crippen molar-refractivity contribution in [1.29, 1.82) is 0 Å². The molecule has 0 aliphatic rings. The molecule has 5 heteroatoms.